The lowest BCUT2D eigenvalue weighted by Crippen LogP contribution is -2.31. The monoisotopic (exact) mass is 254 g/mol. The molecule has 0 N–H and O–H groups in total. The number of rotatable bonds is 1. The van der Waals surface area contributed by atoms with Crippen molar-refractivity contribution in [1.29, 1.82) is 0 Å². The summed E-state index contributed by atoms with van der Waals surface area (Å²) >= 11 is 0. The van der Waals surface area contributed by atoms with Crippen LogP contribution in [0.4, 0.5) is 26.3 Å². The Kier molecular flexibility index (Phi) is 3.50. The molecule has 0 atom stereocenters. The van der Waals surface area contributed by atoms with E-state index in [2.05, 4.69) is 0 Å². The van der Waals surface area contributed by atoms with Crippen LogP contribution in [0.15, 0.2) is 18.2 Å². The molecule has 0 fully saturated rings. The van der Waals surface area contributed by atoms with Crippen molar-refractivity contribution in [3.8, 4) is 0 Å². The summed E-state index contributed by atoms with van der Waals surface area (Å²) in [6, 6.07) is 1.72. The molecule has 0 aliphatic rings. The fraction of sp³-hybridized carbons (Fsp3) is 0.400. The number of benzene rings is 1. The van der Waals surface area contributed by atoms with Gasteiger partial charge in [-0.1, -0.05) is 31.2 Å². The second-order valence-electron chi connectivity index (χ2n) is 3.95. The predicted molar refractivity (Wildman–Crippen MR) is 53.6 cm³/mol. The van der Waals surface area contributed by atoms with Crippen LogP contribution in [0.5, 0.6) is 0 Å². The first kappa shape index (κ1) is 13.9. The van der Waals surface area contributed by atoms with Crippen LogP contribution in [0.2, 0.25) is 13.6 Å². The summed E-state index contributed by atoms with van der Waals surface area (Å²) in [6.45, 7) is 2.50. The minimum atomic E-state index is -4.78. The summed E-state index contributed by atoms with van der Waals surface area (Å²) in [5.41, 5.74) is -2.64. The molecule has 1 aromatic rings. The molecule has 0 saturated heterocycles. The van der Waals surface area contributed by atoms with Crippen molar-refractivity contribution in [1.82, 2.24) is 0 Å². The zero-order valence-electron chi connectivity index (χ0n) is 9.08. The summed E-state index contributed by atoms with van der Waals surface area (Å²) in [5, 5.41) is 0. The van der Waals surface area contributed by atoms with Crippen LogP contribution in [0.1, 0.15) is 11.1 Å². The average Bonchev–Trinajstić information content (AvgIpc) is 2.14. The number of halogens is 6. The highest BCUT2D eigenvalue weighted by Crippen LogP contribution is 2.34. The second kappa shape index (κ2) is 4.27. The summed E-state index contributed by atoms with van der Waals surface area (Å²) < 4.78 is 74.8. The van der Waals surface area contributed by atoms with Gasteiger partial charge in [-0.3, -0.25) is 0 Å². The molecule has 0 bridgehead atoms. The van der Waals surface area contributed by atoms with Gasteiger partial charge in [0.25, 0.3) is 0 Å². The smallest absolute Gasteiger partial charge is 0.166 e. The number of hydrogen-bond donors (Lipinski definition) is 0. The molecule has 0 nitrogen and oxygen atoms in total. The van der Waals surface area contributed by atoms with Gasteiger partial charge in [0.05, 0.1) is 11.1 Å². The topological polar surface area (TPSA) is 0 Å². The van der Waals surface area contributed by atoms with Crippen LogP contribution in [0, 0.1) is 0 Å². The van der Waals surface area contributed by atoms with Crippen molar-refractivity contribution < 1.29 is 26.3 Å². The van der Waals surface area contributed by atoms with Gasteiger partial charge in [-0.05, 0) is 6.07 Å². The molecule has 1 aromatic carbocycles. The van der Waals surface area contributed by atoms with E-state index in [9.17, 15) is 26.3 Å². The van der Waals surface area contributed by atoms with Gasteiger partial charge in [0, 0.05) is 0 Å². The van der Waals surface area contributed by atoms with E-state index in [0.717, 1.165) is 6.07 Å². The molecule has 17 heavy (non-hydrogen) atoms. The van der Waals surface area contributed by atoms with E-state index in [1.807, 2.05) is 0 Å². The molecular formula is C10H9BF6. The van der Waals surface area contributed by atoms with E-state index in [-0.39, 0.29) is 11.5 Å². The molecule has 0 saturated carbocycles. The maximum atomic E-state index is 12.6. The first-order chi connectivity index (χ1) is 7.53. The van der Waals surface area contributed by atoms with Gasteiger partial charge in [0.1, 0.15) is 0 Å². The fourth-order valence-corrected chi connectivity index (χ4v) is 1.48. The Labute approximate surface area is 94.7 Å². The van der Waals surface area contributed by atoms with E-state index in [1.54, 1.807) is 0 Å². The lowest BCUT2D eigenvalue weighted by molar-refractivity contribution is -0.142. The zero-order chi connectivity index (χ0) is 13.4. The Morgan fingerprint density at radius 1 is 0.882 bits per heavy atom. The largest absolute Gasteiger partial charge is 0.416 e. The first-order valence-corrected chi connectivity index (χ1v) is 4.82. The van der Waals surface area contributed by atoms with E-state index in [4.69, 9.17) is 0 Å². The van der Waals surface area contributed by atoms with E-state index in [0.29, 0.717) is 6.07 Å². The van der Waals surface area contributed by atoms with Gasteiger partial charge >= 0.3 is 12.4 Å². The molecule has 0 radical (unpaired) electrons. The van der Waals surface area contributed by atoms with Gasteiger partial charge in [-0.25, -0.2) is 0 Å². The molecule has 0 heterocycles. The molecule has 94 valence electrons. The number of alkyl halides is 6. The minimum absolute atomic E-state index is 0.134. The quantitative estimate of drug-likeness (QED) is 0.529. The predicted octanol–water partition coefficient (Wildman–Crippen LogP) is 3.69. The SMILES string of the molecule is CB(C)c1ccc(C(F)(F)F)cc1C(F)(F)F. The van der Waals surface area contributed by atoms with Crippen LogP contribution < -0.4 is 5.46 Å². The van der Waals surface area contributed by atoms with Crippen molar-refractivity contribution in [2.45, 2.75) is 26.0 Å². The highest BCUT2D eigenvalue weighted by molar-refractivity contribution is 6.71. The third kappa shape index (κ3) is 3.17. The van der Waals surface area contributed by atoms with Crippen molar-refractivity contribution >= 4 is 12.2 Å². The highest BCUT2D eigenvalue weighted by Gasteiger charge is 2.38. The van der Waals surface area contributed by atoms with Crippen LogP contribution in [0.25, 0.3) is 0 Å². The molecule has 7 heteroatoms. The second-order valence-corrected chi connectivity index (χ2v) is 3.95. The Morgan fingerprint density at radius 2 is 1.41 bits per heavy atom. The normalized spacial score (nSPS) is 12.7. The van der Waals surface area contributed by atoms with Crippen molar-refractivity contribution in [3.05, 3.63) is 29.3 Å². The van der Waals surface area contributed by atoms with Crippen molar-refractivity contribution in [2.24, 2.45) is 0 Å². The molecule has 0 aliphatic carbocycles. The van der Waals surface area contributed by atoms with Gasteiger partial charge < -0.3 is 0 Å². The maximum absolute atomic E-state index is 12.6. The molecule has 0 spiro atoms. The van der Waals surface area contributed by atoms with Gasteiger partial charge in [-0.2, -0.15) is 26.3 Å². The Balaban J connectivity index is 3.41. The lowest BCUT2D eigenvalue weighted by Gasteiger charge is -2.17. The first-order valence-electron chi connectivity index (χ1n) is 4.82. The van der Waals surface area contributed by atoms with Crippen LogP contribution in [-0.2, 0) is 12.4 Å². The Hall–Kier alpha value is -1.14. The molecule has 1 rings (SSSR count). The molecular weight excluding hydrogens is 245 g/mol. The summed E-state index contributed by atoms with van der Waals surface area (Å²) in [6.07, 6.45) is -9.55. The van der Waals surface area contributed by atoms with Crippen molar-refractivity contribution in [3.63, 3.8) is 0 Å². The minimum Gasteiger partial charge on any atom is -0.166 e. The molecule has 0 amide bonds. The zero-order valence-corrected chi connectivity index (χ0v) is 9.08. The molecule has 0 unspecified atom stereocenters. The lowest BCUT2D eigenvalue weighted by atomic mass is 9.48. The van der Waals surface area contributed by atoms with Gasteiger partial charge in [0.15, 0.2) is 6.71 Å². The molecule has 0 aliphatic heterocycles. The van der Waals surface area contributed by atoms with Crippen LogP contribution >= 0.6 is 0 Å². The standard InChI is InChI=1S/C10H9BF6/c1-11(2)8-4-3-6(9(12,13)14)5-7(8)10(15,16)17/h3-5H,1-2H3. The summed E-state index contributed by atoms with van der Waals surface area (Å²) in [5.74, 6) is 0. The fourth-order valence-electron chi connectivity index (χ4n) is 1.48. The van der Waals surface area contributed by atoms with Crippen LogP contribution in [-0.4, -0.2) is 6.71 Å². The Morgan fingerprint density at radius 3 is 1.76 bits per heavy atom. The summed E-state index contributed by atoms with van der Waals surface area (Å²) in [7, 11) is 0. The van der Waals surface area contributed by atoms with Gasteiger partial charge in [-0.15, -0.1) is 0 Å². The number of hydrogen-bond acceptors (Lipinski definition) is 0. The van der Waals surface area contributed by atoms with Gasteiger partial charge in [0.2, 0.25) is 0 Å². The molecule has 0 aromatic heterocycles. The van der Waals surface area contributed by atoms with Crippen LogP contribution in [0.3, 0.4) is 0 Å². The average molecular weight is 254 g/mol. The van der Waals surface area contributed by atoms with E-state index in [1.165, 1.54) is 13.6 Å². The third-order valence-electron chi connectivity index (χ3n) is 2.31. The summed E-state index contributed by atoms with van der Waals surface area (Å²) in [4.78, 5) is 0. The van der Waals surface area contributed by atoms with Crippen molar-refractivity contribution in [2.75, 3.05) is 0 Å². The third-order valence-corrected chi connectivity index (χ3v) is 2.31. The Bertz CT molecular complexity index is 404. The highest BCUT2D eigenvalue weighted by atomic mass is 19.4. The van der Waals surface area contributed by atoms with E-state index < -0.39 is 30.2 Å². The maximum Gasteiger partial charge on any atom is 0.416 e. The van der Waals surface area contributed by atoms with E-state index >= 15 is 0 Å².